The van der Waals surface area contributed by atoms with E-state index in [1.165, 1.54) is 0 Å². The molecule has 0 saturated heterocycles. The number of pyridine rings is 1. The summed E-state index contributed by atoms with van der Waals surface area (Å²) in [5.41, 5.74) is 2.36. The first-order chi connectivity index (χ1) is 15.7. The van der Waals surface area contributed by atoms with Gasteiger partial charge in [-0.05, 0) is 55.5 Å². The second-order valence-corrected chi connectivity index (χ2v) is 8.63. The summed E-state index contributed by atoms with van der Waals surface area (Å²) < 4.78 is 5.09. The molecule has 0 unspecified atom stereocenters. The van der Waals surface area contributed by atoms with E-state index in [-0.39, 0.29) is 30.9 Å². The van der Waals surface area contributed by atoms with Gasteiger partial charge in [0.15, 0.2) is 6.61 Å². The molecule has 0 aliphatic heterocycles. The highest BCUT2D eigenvalue weighted by Gasteiger charge is 2.17. The highest BCUT2D eigenvalue weighted by Crippen LogP contribution is 2.30. The van der Waals surface area contributed by atoms with E-state index in [1.807, 2.05) is 19.1 Å². The molecule has 1 aromatic carbocycles. The van der Waals surface area contributed by atoms with Crippen LogP contribution in [0.5, 0.6) is 0 Å². The molecule has 0 radical (unpaired) electrons. The van der Waals surface area contributed by atoms with Crippen LogP contribution in [0.3, 0.4) is 0 Å². The molecule has 2 rings (SSSR count). The maximum absolute atomic E-state index is 12.2. The van der Waals surface area contributed by atoms with Gasteiger partial charge in [-0.1, -0.05) is 42.6 Å². The Morgan fingerprint density at radius 1 is 1.27 bits per heavy atom. The Morgan fingerprint density at radius 2 is 2.00 bits per heavy atom. The lowest BCUT2D eigenvalue weighted by molar-refractivity contribution is -0.148. The predicted octanol–water partition coefficient (Wildman–Crippen LogP) is 4.35. The molecule has 1 atom stereocenters. The molecule has 1 aromatic heterocycles. The second-order valence-electron chi connectivity index (χ2n) is 7.79. The Balaban J connectivity index is 1.87. The number of aromatic nitrogens is 1. The quantitative estimate of drug-likeness (QED) is 0.479. The molecule has 1 heterocycles. The molecule has 0 spiro atoms. The summed E-state index contributed by atoms with van der Waals surface area (Å²) in [5.74, 6) is -0.933. The van der Waals surface area contributed by atoms with Gasteiger partial charge in [-0.25, -0.2) is 0 Å². The first-order valence-corrected chi connectivity index (χ1v) is 11.4. The van der Waals surface area contributed by atoms with Crippen molar-refractivity contribution in [3.63, 3.8) is 0 Å². The third kappa shape index (κ3) is 7.34. The number of amides is 1. The first kappa shape index (κ1) is 26.4. The Bertz CT molecular complexity index is 1120. The van der Waals surface area contributed by atoms with Crippen molar-refractivity contribution in [2.75, 3.05) is 13.2 Å². The number of nitriles is 1. The number of carbonyl (C=O) groups excluding carboxylic acids is 2. The van der Waals surface area contributed by atoms with Crippen LogP contribution >= 0.6 is 23.2 Å². The summed E-state index contributed by atoms with van der Waals surface area (Å²) in [4.78, 5) is 38.8. The number of nitrogens with zero attached hydrogens (tertiary/aromatic N) is 1. The normalized spacial score (nSPS) is 11.5. The van der Waals surface area contributed by atoms with Gasteiger partial charge < -0.3 is 15.0 Å². The zero-order valence-corrected chi connectivity index (χ0v) is 20.4. The molecule has 33 heavy (non-hydrogen) atoms. The van der Waals surface area contributed by atoms with Gasteiger partial charge in [0.1, 0.15) is 11.6 Å². The number of benzene rings is 1. The summed E-state index contributed by atoms with van der Waals surface area (Å²) in [5, 5.41) is 13.0. The largest absolute Gasteiger partial charge is 0.456 e. The Kier molecular flexibility index (Phi) is 9.95. The van der Waals surface area contributed by atoms with Gasteiger partial charge in [-0.2, -0.15) is 5.26 Å². The van der Waals surface area contributed by atoms with Crippen molar-refractivity contribution in [1.29, 1.82) is 5.26 Å². The van der Waals surface area contributed by atoms with Gasteiger partial charge in [0.25, 0.3) is 11.5 Å². The molecular weight excluding hydrogens is 465 g/mol. The Morgan fingerprint density at radius 3 is 2.64 bits per heavy atom. The summed E-state index contributed by atoms with van der Waals surface area (Å²) in [7, 11) is 0. The van der Waals surface area contributed by atoms with Crippen molar-refractivity contribution in [2.45, 2.75) is 52.4 Å². The first-order valence-electron chi connectivity index (χ1n) is 10.7. The number of carbonyl (C=O) groups is 2. The van der Waals surface area contributed by atoms with Crippen molar-refractivity contribution in [1.82, 2.24) is 10.3 Å². The third-order valence-electron chi connectivity index (χ3n) is 5.45. The SMILES string of the molecule is CCC[C@@H](CNC(=O)COC(=O)CCc1c(C)[nH]c(=O)c(C#N)c1C)c1ccc(Cl)cc1Cl. The van der Waals surface area contributed by atoms with Gasteiger partial charge in [0, 0.05) is 34.6 Å². The van der Waals surface area contributed by atoms with Crippen LogP contribution in [-0.4, -0.2) is 30.0 Å². The number of esters is 1. The standard InChI is InChI=1S/C24H27Cl2N3O4/c1-4-5-16(19-7-6-17(25)10-21(19)26)12-28-22(30)13-33-23(31)9-8-18-14(2)20(11-27)24(32)29-15(18)3/h6-7,10,16H,4-5,8-9,12-13H2,1-3H3,(H,28,30)(H,29,32)/t16-/m0/s1. The van der Waals surface area contributed by atoms with Crippen LogP contribution < -0.4 is 10.9 Å². The van der Waals surface area contributed by atoms with Crippen molar-refractivity contribution in [3.05, 3.63) is 66.5 Å². The average Bonchev–Trinajstić information content (AvgIpc) is 2.75. The number of ether oxygens (including phenoxy) is 1. The molecule has 0 fully saturated rings. The van der Waals surface area contributed by atoms with E-state index in [4.69, 9.17) is 33.2 Å². The number of H-pyrrole nitrogens is 1. The van der Waals surface area contributed by atoms with Crippen LogP contribution in [0.4, 0.5) is 0 Å². The van der Waals surface area contributed by atoms with Gasteiger partial charge in [0.2, 0.25) is 0 Å². The lowest BCUT2D eigenvalue weighted by Crippen LogP contribution is -2.32. The minimum absolute atomic E-state index is 0.0138. The Labute approximate surface area is 203 Å². The van der Waals surface area contributed by atoms with Crippen LogP contribution in [0.25, 0.3) is 0 Å². The van der Waals surface area contributed by atoms with E-state index in [0.29, 0.717) is 27.8 Å². The molecule has 1 amide bonds. The maximum Gasteiger partial charge on any atom is 0.306 e. The number of hydrogen-bond acceptors (Lipinski definition) is 5. The highest BCUT2D eigenvalue weighted by molar-refractivity contribution is 6.35. The number of nitrogens with one attached hydrogen (secondary N) is 2. The predicted molar refractivity (Wildman–Crippen MR) is 128 cm³/mol. The van der Waals surface area contributed by atoms with Gasteiger partial charge >= 0.3 is 5.97 Å². The monoisotopic (exact) mass is 491 g/mol. The van der Waals surface area contributed by atoms with Crippen molar-refractivity contribution in [2.24, 2.45) is 0 Å². The zero-order valence-electron chi connectivity index (χ0n) is 18.9. The minimum Gasteiger partial charge on any atom is -0.456 e. The Hall–Kier alpha value is -2.82. The molecule has 176 valence electrons. The minimum atomic E-state index is -0.542. The van der Waals surface area contributed by atoms with Crippen molar-refractivity contribution < 1.29 is 14.3 Å². The molecule has 7 nitrogen and oxygen atoms in total. The highest BCUT2D eigenvalue weighted by atomic mass is 35.5. The number of rotatable bonds is 10. The van der Waals surface area contributed by atoms with E-state index in [1.54, 1.807) is 26.0 Å². The molecule has 9 heteroatoms. The van der Waals surface area contributed by atoms with Crippen molar-refractivity contribution in [3.8, 4) is 6.07 Å². The topological polar surface area (TPSA) is 112 Å². The fraction of sp³-hybridized carbons (Fsp3) is 0.417. The summed E-state index contributed by atoms with van der Waals surface area (Å²) in [6.45, 7) is 5.40. The molecule has 0 saturated carbocycles. The lowest BCUT2D eigenvalue weighted by atomic mass is 9.94. The number of aromatic amines is 1. The van der Waals surface area contributed by atoms with Crippen LogP contribution in [0, 0.1) is 25.2 Å². The third-order valence-corrected chi connectivity index (χ3v) is 6.01. The number of halogens is 2. The summed E-state index contributed by atoms with van der Waals surface area (Å²) in [6, 6.07) is 7.18. The van der Waals surface area contributed by atoms with Crippen LogP contribution in [-0.2, 0) is 20.7 Å². The summed E-state index contributed by atoms with van der Waals surface area (Å²) >= 11 is 12.3. The average molecular weight is 492 g/mol. The van der Waals surface area contributed by atoms with E-state index in [0.717, 1.165) is 24.0 Å². The maximum atomic E-state index is 12.2. The van der Waals surface area contributed by atoms with Gasteiger partial charge in [0.05, 0.1) is 0 Å². The smallest absolute Gasteiger partial charge is 0.306 e. The van der Waals surface area contributed by atoms with E-state index < -0.39 is 17.4 Å². The van der Waals surface area contributed by atoms with Crippen molar-refractivity contribution >= 4 is 35.1 Å². The zero-order chi connectivity index (χ0) is 24.5. The number of aryl methyl sites for hydroxylation is 1. The second kappa shape index (κ2) is 12.4. The van der Waals surface area contributed by atoms with Gasteiger partial charge in [-0.3, -0.25) is 14.4 Å². The number of hydrogen-bond donors (Lipinski definition) is 2. The molecule has 0 bridgehead atoms. The molecular formula is C24H27Cl2N3O4. The fourth-order valence-electron chi connectivity index (χ4n) is 3.70. The summed E-state index contributed by atoms with van der Waals surface area (Å²) in [6.07, 6.45) is 2.04. The van der Waals surface area contributed by atoms with E-state index in [2.05, 4.69) is 10.3 Å². The molecule has 0 aliphatic rings. The van der Waals surface area contributed by atoms with Crippen LogP contribution in [0.1, 0.15) is 60.1 Å². The van der Waals surface area contributed by atoms with E-state index >= 15 is 0 Å². The molecule has 0 aliphatic carbocycles. The van der Waals surface area contributed by atoms with Crippen LogP contribution in [0.2, 0.25) is 10.0 Å². The van der Waals surface area contributed by atoms with Gasteiger partial charge in [-0.15, -0.1) is 0 Å². The lowest BCUT2D eigenvalue weighted by Gasteiger charge is -2.19. The van der Waals surface area contributed by atoms with E-state index in [9.17, 15) is 14.4 Å². The van der Waals surface area contributed by atoms with Crippen LogP contribution in [0.15, 0.2) is 23.0 Å². The fourth-order valence-corrected chi connectivity index (χ4v) is 4.27. The molecule has 2 N–H and O–H groups in total. The molecule has 2 aromatic rings.